The molecule has 0 spiro atoms. The van der Waals surface area contributed by atoms with E-state index in [4.69, 9.17) is 23.8 Å². The zero-order chi connectivity index (χ0) is 12.3. The van der Waals surface area contributed by atoms with Crippen molar-refractivity contribution in [3.05, 3.63) is 29.3 Å². The van der Waals surface area contributed by atoms with E-state index in [1.807, 2.05) is 24.3 Å². The summed E-state index contributed by atoms with van der Waals surface area (Å²) in [6.45, 7) is 5.03. The van der Waals surface area contributed by atoms with Crippen LogP contribution in [0.2, 0.25) is 5.02 Å². The number of nitrogens with one attached hydrogen (secondary N) is 2. The molecule has 1 saturated heterocycles. The van der Waals surface area contributed by atoms with Gasteiger partial charge in [-0.1, -0.05) is 11.6 Å². The molecule has 1 unspecified atom stereocenters. The summed E-state index contributed by atoms with van der Waals surface area (Å²) in [6.07, 6.45) is 0. The van der Waals surface area contributed by atoms with Gasteiger partial charge in [-0.25, -0.2) is 0 Å². The second-order valence-corrected chi connectivity index (χ2v) is 5.06. The highest BCUT2D eigenvalue weighted by Gasteiger charge is 2.17. The van der Waals surface area contributed by atoms with Crippen molar-refractivity contribution in [1.29, 1.82) is 0 Å². The predicted octanol–water partition coefficient (Wildman–Crippen LogP) is 2.33. The summed E-state index contributed by atoms with van der Waals surface area (Å²) in [5.74, 6) is 0. The largest absolute Gasteiger partial charge is 0.346 e. The number of hydrogen-bond donors (Lipinski definition) is 2. The van der Waals surface area contributed by atoms with Crippen LogP contribution < -0.4 is 10.6 Å². The molecule has 1 aromatic rings. The lowest BCUT2D eigenvalue weighted by molar-refractivity contribution is 0.307. The van der Waals surface area contributed by atoms with E-state index in [9.17, 15) is 0 Å². The van der Waals surface area contributed by atoms with Crippen LogP contribution in [-0.4, -0.2) is 35.7 Å². The molecule has 0 amide bonds. The maximum absolute atomic E-state index is 5.84. The van der Waals surface area contributed by atoms with E-state index in [1.165, 1.54) is 0 Å². The summed E-state index contributed by atoms with van der Waals surface area (Å²) < 4.78 is 0. The first-order chi connectivity index (χ1) is 8.15. The maximum Gasteiger partial charge on any atom is 0.173 e. The second kappa shape index (κ2) is 5.67. The highest BCUT2D eigenvalue weighted by molar-refractivity contribution is 7.80. The molecule has 3 nitrogen and oxygen atoms in total. The van der Waals surface area contributed by atoms with Crippen molar-refractivity contribution < 1.29 is 0 Å². The number of piperazine rings is 1. The minimum atomic E-state index is 0.480. The lowest BCUT2D eigenvalue weighted by Gasteiger charge is -2.33. The Morgan fingerprint density at radius 1 is 1.47 bits per heavy atom. The molecule has 0 bridgehead atoms. The Kier molecular flexibility index (Phi) is 4.20. The first-order valence-corrected chi connectivity index (χ1v) is 6.48. The zero-order valence-electron chi connectivity index (χ0n) is 9.74. The van der Waals surface area contributed by atoms with Crippen LogP contribution in [0.3, 0.4) is 0 Å². The molecule has 5 heteroatoms. The van der Waals surface area contributed by atoms with Gasteiger partial charge in [0.25, 0.3) is 0 Å². The van der Waals surface area contributed by atoms with Crippen LogP contribution in [0.1, 0.15) is 6.92 Å². The molecule has 1 aromatic carbocycles. The van der Waals surface area contributed by atoms with Crippen LogP contribution in [0.5, 0.6) is 0 Å². The number of thiocarbonyl (C=S) groups is 1. The van der Waals surface area contributed by atoms with E-state index in [-0.39, 0.29) is 0 Å². The standard InChI is InChI=1S/C12H16ClN3S/c1-9-8-16(7-6-14-9)12(17)15-11-4-2-10(13)3-5-11/h2-5,9,14H,6-8H2,1H3,(H,15,17). The van der Waals surface area contributed by atoms with Crippen LogP contribution >= 0.6 is 23.8 Å². The Balaban J connectivity index is 1.94. The number of hydrogen-bond acceptors (Lipinski definition) is 2. The minimum absolute atomic E-state index is 0.480. The van der Waals surface area contributed by atoms with E-state index in [0.29, 0.717) is 6.04 Å². The molecule has 92 valence electrons. The first kappa shape index (κ1) is 12.6. The third-order valence-corrected chi connectivity index (χ3v) is 3.36. The molecule has 0 saturated carbocycles. The van der Waals surface area contributed by atoms with Crippen molar-refractivity contribution in [2.75, 3.05) is 25.0 Å². The van der Waals surface area contributed by atoms with E-state index < -0.39 is 0 Å². The Morgan fingerprint density at radius 2 is 2.18 bits per heavy atom. The zero-order valence-corrected chi connectivity index (χ0v) is 11.3. The molecule has 1 fully saturated rings. The van der Waals surface area contributed by atoms with Gasteiger partial charge in [0.15, 0.2) is 5.11 Å². The monoisotopic (exact) mass is 269 g/mol. The highest BCUT2D eigenvalue weighted by Crippen LogP contribution is 2.14. The quantitative estimate of drug-likeness (QED) is 0.766. The molecule has 0 aliphatic carbocycles. The molecule has 1 heterocycles. The molecule has 17 heavy (non-hydrogen) atoms. The Labute approximate surface area is 112 Å². The third-order valence-electron chi connectivity index (χ3n) is 2.75. The Bertz CT molecular complexity index is 393. The number of nitrogens with zero attached hydrogens (tertiary/aromatic N) is 1. The van der Waals surface area contributed by atoms with Crippen molar-refractivity contribution >= 4 is 34.6 Å². The summed E-state index contributed by atoms with van der Waals surface area (Å²) in [5, 5.41) is 8.13. The summed E-state index contributed by atoms with van der Waals surface area (Å²) in [5.41, 5.74) is 0.977. The molecule has 2 rings (SSSR count). The Morgan fingerprint density at radius 3 is 2.82 bits per heavy atom. The fourth-order valence-corrected chi connectivity index (χ4v) is 2.26. The fourth-order valence-electron chi connectivity index (χ4n) is 1.85. The van der Waals surface area contributed by atoms with E-state index in [1.54, 1.807) is 0 Å². The summed E-state index contributed by atoms with van der Waals surface area (Å²) >= 11 is 11.2. The summed E-state index contributed by atoms with van der Waals surface area (Å²) in [4.78, 5) is 2.19. The van der Waals surface area contributed by atoms with Crippen molar-refractivity contribution in [2.45, 2.75) is 13.0 Å². The normalized spacial score (nSPS) is 20.1. The van der Waals surface area contributed by atoms with Crippen molar-refractivity contribution in [1.82, 2.24) is 10.2 Å². The number of anilines is 1. The number of rotatable bonds is 1. The smallest absolute Gasteiger partial charge is 0.173 e. The minimum Gasteiger partial charge on any atom is -0.346 e. The number of halogens is 1. The molecule has 1 atom stereocenters. The molecular weight excluding hydrogens is 254 g/mol. The lowest BCUT2D eigenvalue weighted by Crippen LogP contribution is -2.52. The van der Waals surface area contributed by atoms with Gasteiger partial charge in [0.2, 0.25) is 0 Å². The van der Waals surface area contributed by atoms with Crippen LogP contribution in [0, 0.1) is 0 Å². The van der Waals surface area contributed by atoms with E-state index in [2.05, 4.69) is 22.5 Å². The van der Waals surface area contributed by atoms with Crippen LogP contribution in [0.15, 0.2) is 24.3 Å². The number of benzene rings is 1. The van der Waals surface area contributed by atoms with Gasteiger partial charge >= 0.3 is 0 Å². The van der Waals surface area contributed by atoms with Crippen LogP contribution in [0.4, 0.5) is 5.69 Å². The SMILES string of the molecule is CC1CN(C(=S)Nc2ccc(Cl)cc2)CCN1. The van der Waals surface area contributed by atoms with Gasteiger partial charge in [0, 0.05) is 36.4 Å². The summed E-state index contributed by atoms with van der Waals surface area (Å²) in [6, 6.07) is 8.05. The average molecular weight is 270 g/mol. The second-order valence-electron chi connectivity index (χ2n) is 4.24. The van der Waals surface area contributed by atoms with Crippen LogP contribution in [0.25, 0.3) is 0 Å². The topological polar surface area (TPSA) is 27.3 Å². The van der Waals surface area contributed by atoms with Gasteiger partial charge in [-0.15, -0.1) is 0 Å². The van der Waals surface area contributed by atoms with Crippen molar-refractivity contribution in [2.24, 2.45) is 0 Å². The van der Waals surface area contributed by atoms with Crippen molar-refractivity contribution in [3.63, 3.8) is 0 Å². The van der Waals surface area contributed by atoms with Gasteiger partial charge in [0.05, 0.1) is 0 Å². The lowest BCUT2D eigenvalue weighted by atomic mass is 10.2. The molecule has 0 aromatic heterocycles. The van der Waals surface area contributed by atoms with Crippen LogP contribution in [-0.2, 0) is 0 Å². The van der Waals surface area contributed by atoms with Gasteiger partial charge in [-0.3, -0.25) is 0 Å². The molecule has 1 aliphatic heterocycles. The maximum atomic E-state index is 5.84. The van der Waals surface area contributed by atoms with Gasteiger partial charge in [-0.2, -0.15) is 0 Å². The van der Waals surface area contributed by atoms with Gasteiger partial charge in [-0.05, 0) is 43.4 Å². The van der Waals surface area contributed by atoms with Gasteiger partial charge in [0.1, 0.15) is 0 Å². The molecular formula is C12H16ClN3S. The summed E-state index contributed by atoms with van der Waals surface area (Å²) in [7, 11) is 0. The molecule has 0 radical (unpaired) electrons. The highest BCUT2D eigenvalue weighted by atomic mass is 35.5. The van der Waals surface area contributed by atoms with Gasteiger partial charge < -0.3 is 15.5 Å². The fraction of sp³-hybridized carbons (Fsp3) is 0.417. The first-order valence-electron chi connectivity index (χ1n) is 5.70. The predicted molar refractivity (Wildman–Crippen MR) is 76.7 cm³/mol. The third kappa shape index (κ3) is 3.56. The molecule has 1 aliphatic rings. The van der Waals surface area contributed by atoms with E-state index in [0.717, 1.165) is 35.5 Å². The Hall–Kier alpha value is -0.840. The molecule has 2 N–H and O–H groups in total. The average Bonchev–Trinajstić information content (AvgIpc) is 2.32. The van der Waals surface area contributed by atoms with Crippen molar-refractivity contribution in [3.8, 4) is 0 Å². The van der Waals surface area contributed by atoms with E-state index >= 15 is 0 Å².